The molecule has 0 unspecified atom stereocenters. The molecule has 7 heteroatoms. The molecule has 0 radical (unpaired) electrons. The zero-order valence-corrected chi connectivity index (χ0v) is 17.3. The van der Waals surface area contributed by atoms with E-state index < -0.39 is 0 Å². The van der Waals surface area contributed by atoms with E-state index in [0.29, 0.717) is 20.9 Å². The smallest absolute Gasteiger partial charge is 0.230 e. The average molecular weight is 413 g/mol. The Morgan fingerprint density at radius 2 is 1.85 bits per heavy atom. The summed E-state index contributed by atoms with van der Waals surface area (Å²) in [7, 11) is 0. The van der Waals surface area contributed by atoms with Crippen LogP contribution in [0.5, 0.6) is 0 Å². The van der Waals surface area contributed by atoms with E-state index >= 15 is 0 Å². The number of aromatic nitrogens is 1. The lowest BCUT2D eigenvalue weighted by Crippen LogP contribution is -3.10. The second kappa shape index (κ2) is 9.18. The summed E-state index contributed by atoms with van der Waals surface area (Å²) < 4.78 is 0. The highest BCUT2D eigenvalue weighted by atomic mass is 35.5. The predicted octanol–water partition coefficient (Wildman–Crippen LogP) is 4.48. The molecule has 0 spiro atoms. The fourth-order valence-electron chi connectivity index (χ4n) is 3.37. The third kappa shape index (κ3) is 4.97. The molecular weight excluding hydrogens is 389 g/mol. The number of benzene rings is 1. The average Bonchev–Trinajstić information content (AvgIpc) is 3.01. The van der Waals surface area contributed by atoms with Gasteiger partial charge >= 0.3 is 0 Å². The van der Waals surface area contributed by atoms with E-state index in [1.54, 1.807) is 28.0 Å². The Balaban J connectivity index is 1.76. The van der Waals surface area contributed by atoms with Gasteiger partial charge in [0, 0.05) is 12.3 Å². The van der Waals surface area contributed by atoms with Gasteiger partial charge in [0.1, 0.15) is 12.2 Å². The van der Waals surface area contributed by atoms with Crippen molar-refractivity contribution in [1.82, 2.24) is 4.98 Å². The van der Waals surface area contributed by atoms with Crippen molar-refractivity contribution in [3.05, 3.63) is 39.3 Å². The van der Waals surface area contributed by atoms with E-state index in [1.807, 2.05) is 0 Å². The molecule has 0 atom stereocenters. The Bertz CT molecular complexity index is 757. The lowest BCUT2D eigenvalue weighted by atomic mass is 10.1. The molecule has 2 aromatic rings. The quantitative estimate of drug-likeness (QED) is 0.803. The van der Waals surface area contributed by atoms with Crippen LogP contribution in [0.2, 0.25) is 10.0 Å². The van der Waals surface area contributed by atoms with E-state index in [2.05, 4.69) is 5.38 Å². The maximum atomic E-state index is 12.2. The minimum absolute atomic E-state index is 0.0945. The third-order valence-electron chi connectivity index (χ3n) is 4.70. The van der Waals surface area contributed by atoms with Crippen LogP contribution in [0.1, 0.15) is 44.7 Å². The third-order valence-corrected chi connectivity index (χ3v) is 6.31. The predicted molar refractivity (Wildman–Crippen MR) is 109 cm³/mol. The summed E-state index contributed by atoms with van der Waals surface area (Å²) in [6, 6.07) is 5.20. The first-order valence-corrected chi connectivity index (χ1v) is 10.7. The molecule has 1 aromatic heterocycles. The molecule has 1 N–H and O–H groups in total. The lowest BCUT2D eigenvalue weighted by molar-refractivity contribution is -0.915. The summed E-state index contributed by atoms with van der Waals surface area (Å²) in [4.78, 5) is 20.2. The van der Waals surface area contributed by atoms with Crippen LogP contribution in [0.4, 0.5) is 10.8 Å². The Morgan fingerprint density at radius 1 is 1.15 bits per heavy atom. The molecule has 1 aliphatic heterocycles. The lowest BCUT2D eigenvalue weighted by Gasteiger charge is -2.21. The normalized spacial score (nSPS) is 16.1. The Kier molecular flexibility index (Phi) is 6.92. The number of amides is 1. The van der Waals surface area contributed by atoms with Crippen molar-refractivity contribution in [2.75, 3.05) is 18.0 Å². The standard InChI is InChI=1S/C19H23Cl2N3OS/c1-14(25)24(16-7-8-17(20)18(21)11-16)19-22-15(13-26-19)12-23-9-5-3-2-4-6-10-23/h7-8,11,13H,2-6,9-10,12H2,1H3/p+1. The first-order chi connectivity index (χ1) is 12.5. The number of anilines is 2. The Hall–Kier alpha value is -1.14. The molecule has 1 aliphatic rings. The highest BCUT2D eigenvalue weighted by Gasteiger charge is 2.20. The Labute approximate surface area is 168 Å². The number of nitrogens with one attached hydrogen (secondary N) is 1. The molecule has 4 nitrogen and oxygen atoms in total. The number of carbonyl (C=O) groups is 1. The van der Waals surface area contributed by atoms with Crippen molar-refractivity contribution in [3.8, 4) is 0 Å². The number of quaternary nitrogens is 1. The van der Waals surface area contributed by atoms with Gasteiger partial charge in [0.2, 0.25) is 5.91 Å². The van der Waals surface area contributed by atoms with Crippen molar-refractivity contribution < 1.29 is 9.69 Å². The van der Waals surface area contributed by atoms with Crippen LogP contribution < -0.4 is 9.80 Å². The summed E-state index contributed by atoms with van der Waals surface area (Å²) in [5.41, 5.74) is 1.73. The molecule has 1 aromatic carbocycles. The van der Waals surface area contributed by atoms with E-state index in [1.165, 1.54) is 63.5 Å². The summed E-state index contributed by atoms with van der Waals surface area (Å²) in [5, 5.41) is 3.64. The SMILES string of the molecule is CC(=O)N(c1ccc(Cl)c(Cl)c1)c1nc(C[NH+]2CCCCCCC2)cs1. The molecular formula is C19H24Cl2N3OS+. The number of nitrogens with zero attached hydrogens (tertiary/aromatic N) is 2. The molecule has 3 rings (SSSR count). The van der Waals surface area contributed by atoms with E-state index in [9.17, 15) is 4.79 Å². The monoisotopic (exact) mass is 412 g/mol. The number of carbonyl (C=O) groups excluding carboxylic acids is 1. The van der Waals surface area contributed by atoms with Crippen LogP contribution in [-0.4, -0.2) is 24.0 Å². The van der Waals surface area contributed by atoms with Gasteiger partial charge < -0.3 is 4.90 Å². The molecule has 0 bridgehead atoms. The van der Waals surface area contributed by atoms with Gasteiger partial charge in [-0.25, -0.2) is 4.98 Å². The molecule has 1 amide bonds. The first-order valence-electron chi connectivity index (χ1n) is 9.08. The molecule has 26 heavy (non-hydrogen) atoms. The summed E-state index contributed by atoms with van der Waals surface area (Å²) in [6.07, 6.45) is 6.61. The minimum atomic E-state index is -0.0945. The second-order valence-electron chi connectivity index (χ2n) is 6.77. The van der Waals surface area contributed by atoms with Crippen molar-refractivity contribution in [3.63, 3.8) is 0 Å². The largest absolute Gasteiger partial charge is 0.330 e. The van der Waals surface area contributed by atoms with Crippen molar-refractivity contribution in [2.24, 2.45) is 0 Å². The van der Waals surface area contributed by atoms with E-state index in [4.69, 9.17) is 28.2 Å². The molecule has 1 fully saturated rings. The fourth-order valence-corrected chi connectivity index (χ4v) is 4.55. The van der Waals surface area contributed by atoms with Gasteiger partial charge in [-0.15, -0.1) is 11.3 Å². The Morgan fingerprint density at radius 3 is 2.50 bits per heavy atom. The molecule has 2 heterocycles. The first kappa shape index (κ1) is 19.6. The molecule has 1 saturated heterocycles. The number of thiazole rings is 1. The van der Waals surface area contributed by atoms with Crippen molar-refractivity contribution in [1.29, 1.82) is 0 Å². The van der Waals surface area contributed by atoms with Crippen molar-refractivity contribution in [2.45, 2.75) is 45.6 Å². The zero-order valence-electron chi connectivity index (χ0n) is 14.9. The van der Waals surface area contributed by atoms with Crippen LogP contribution in [0.25, 0.3) is 0 Å². The number of halogens is 2. The number of rotatable bonds is 4. The minimum Gasteiger partial charge on any atom is -0.330 e. The van der Waals surface area contributed by atoms with Gasteiger partial charge in [0.05, 0.1) is 28.8 Å². The zero-order chi connectivity index (χ0) is 18.5. The maximum absolute atomic E-state index is 12.2. The molecule has 0 aliphatic carbocycles. The topological polar surface area (TPSA) is 37.6 Å². The summed E-state index contributed by atoms with van der Waals surface area (Å²) in [5.74, 6) is -0.0945. The molecule has 0 saturated carbocycles. The van der Waals surface area contributed by atoms with E-state index in [0.717, 1.165) is 12.2 Å². The number of hydrogen-bond acceptors (Lipinski definition) is 3. The van der Waals surface area contributed by atoms with Gasteiger partial charge in [0.15, 0.2) is 5.13 Å². The summed E-state index contributed by atoms with van der Waals surface area (Å²) >= 11 is 13.6. The van der Waals surface area contributed by atoms with Crippen LogP contribution in [0.15, 0.2) is 23.6 Å². The van der Waals surface area contributed by atoms with Crippen molar-refractivity contribution >= 4 is 51.3 Å². The molecule has 140 valence electrons. The highest BCUT2D eigenvalue weighted by Crippen LogP contribution is 2.33. The van der Waals surface area contributed by atoms with Crippen LogP contribution in [0.3, 0.4) is 0 Å². The van der Waals surface area contributed by atoms with Gasteiger partial charge in [-0.05, 0) is 43.9 Å². The summed E-state index contributed by atoms with van der Waals surface area (Å²) in [6.45, 7) is 4.86. The van der Waals surface area contributed by atoms with Crippen LogP contribution in [0, 0.1) is 0 Å². The van der Waals surface area contributed by atoms with Gasteiger partial charge in [0.25, 0.3) is 0 Å². The van der Waals surface area contributed by atoms with Crippen LogP contribution in [-0.2, 0) is 11.3 Å². The van der Waals surface area contributed by atoms with Crippen LogP contribution >= 0.6 is 34.5 Å². The van der Waals surface area contributed by atoms with Gasteiger partial charge in [-0.1, -0.05) is 29.6 Å². The number of likely N-dealkylation sites (tertiary alicyclic amines) is 1. The van der Waals surface area contributed by atoms with Gasteiger partial charge in [-0.2, -0.15) is 0 Å². The highest BCUT2D eigenvalue weighted by molar-refractivity contribution is 7.14. The fraction of sp³-hybridized carbons (Fsp3) is 0.474. The van der Waals surface area contributed by atoms with Gasteiger partial charge in [-0.3, -0.25) is 9.69 Å². The maximum Gasteiger partial charge on any atom is 0.230 e. The number of hydrogen-bond donors (Lipinski definition) is 1. The second-order valence-corrected chi connectivity index (χ2v) is 8.42. The van der Waals surface area contributed by atoms with E-state index in [-0.39, 0.29) is 5.91 Å².